The van der Waals surface area contributed by atoms with E-state index in [-0.39, 0.29) is 0 Å². The number of anilines is 1. The third-order valence-electron chi connectivity index (χ3n) is 6.53. The number of rotatable bonds is 3. The van der Waals surface area contributed by atoms with Gasteiger partial charge in [0, 0.05) is 53.9 Å². The fourth-order valence-electron chi connectivity index (χ4n) is 4.70. The molecule has 0 unspecified atom stereocenters. The van der Waals surface area contributed by atoms with Crippen LogP contribution in [0.4, 0.5) is 5.69 Å². The first-order chi connectivity index (χ1) is 15.2. The van der Waals surface area contributed by atoms with Gasteiger partial charge in [0.15, 0.2) is 5.65 Å². The van der Waals surface area contributed by atoms with Crippen LogP contribution in [0, 0.1) is 6.92 Å². The lowest BCUT2D eigenvalue weighted by Crippen LogP contribution is -2.29. The van der Waals surface area contributed by atoms with Crippen molar-refractivity contribution >= 4 is 27.6 Å². The number of pyridine rings is 1. The molecule has 7 heteroatoms. The molecule has 7 nitrogen and oxygen atoms in total. The van der Waals surface area contributed by atoms with Gasteiger partial charge >= 0.3 is 0 Å². The molecule has 0 amide bonds. The topological polar surface area (TPSA) is 78.4 Å². The molecule has 0 radical (unpaired) electrons. The van der Waals surface area contributed by atoms with Gasteiger partial charge in [0.25, 0.3) is 0 Å². The van der Waals surface area contributed by atoms with Crippen molar-refractivity contribution in [1.82, 2.24) is 29.7 Å². The number of nitrogens with one attached hydrogen (secondary N) is 2. The molecule has 0 bridgehead atoms. The Balaban J connectivity index is 1.47. The predicted octanol–water partition coefficient (Wildman–Crippen LogP) is 4.81. The second-order valence-electron chi connectivity index (χ2n) is 8.41. The molecular formula is C24H25N7. The largest absolute Gasteiger partial charge is 0.371 e. The first-order valence-corrected chi connectivity index (χ1v) is 10.9. The molecule has 6 rings (SSSR count). The number of hydrogen-bond acceptors (Lipinski definition) is 4. The number of hydrogen-bond donors (Lipinski definition) is 2. The smallest absolute Gasteiger partial charge is 0.181 e. The fourth-order valence-corrected chi connectivity index (χ4v) is 4.70. The lowest BCUT2D eigenvalue weighted by atomic mass is 10.1. The lowest BCUT2D eigenvalue weighted by Gasteiger charge is -2.29. The summed E-state index contributed by atoms with van der Waals surface area (Å²) in [6.45, 7) is 4.26. The highest BCUT2D eigenvalue weighted by Crippen LogP contribution is 2.35. The van der Waals surface area contributed by atoms with E-state index in [0.29, 0.717) is 5.65 Å². The van der Waals surface area contributed by atoms with E-state index in [0.717, 1.165) is 52.5 Å². The minimum absolute atomic E-state index is 0.715. The highest BCUT2D eigenvalue weighted by molar-refractivity contribution is 6.00. The van der Waals surface area contributed by atoms with Gasteiger partial charge in [-0.25, -0.2) is 9.97 Å². The fraction of sp³-hybridized carbons (Fsp3) is 0.292. The van der Waals surface area contributed by atoms with Crippen LogP contribution in [0.15, 0.2) is 42.7 Å². The highest BCUT2D eigenvalue weighted by atomic mass is 15.2. The van der Waals surface area contributed by atoms with Gasteiger partial charge in [-0.3, -0.25) is 5.10 Å². The minimum Gasteiger partial charge on any atom is -0.371 e. The van der Waals surface area contributed by atoms with Gasteiger partial charge in [-0.2, -0.15) is 5.10 Å². The second-order valence-corrected chi connectivity index (χ2v) is 8.41. The molecule has 5 aromatic rings. The Morgan fingerprint density at radius 2 is 1.84 bits per heavy atom. The van der Waals surface area contributed by atoms with Crippen LogP contribution in [0.1, 0.15) is 25.1 Å². The second kappa shape index (κ2) is 6.97. The van der Waals surface area contributed by atoms with Crippen molar-refractivity contribution in [1.29, 1.82) is 0 Å². The SMILES string of the molecule is Cc1ncc(-c2cnc3n[nH]c(-c4cc5c(N6CCCCC6)cccc5[nH]4)c3c2)n1C. The number of aromatic nitrogens is 6. The Morgan fingerprint density at radius 1 is 0.968 bits per heavy atom. The Kier molecular flexibility index (Phi) is 4.09. The van der Waals surface area contributed by atoms with Gasteiger partial charge in [-0.15, -0.1) is 0 Å². The van der Waals surface area contributed by atoms with Crippen molar-refractivity contribution in [2.24, 2.45) is 7.05 Å². The van der Waals surface area contributed by atoms with Crippen molar-refractivity contribution in [2.45, 2.75) is 26.2 Å². The zero-order valence-corrected chi connectivity index (χ0v) is 17.8. The van der Waals surface area contributed by atoms with Crippen LogP contribution in [-0.4, -0.2) is 42.8 Å². The number of fused-ring (bicyclic) bond motifs is 2. The third-order valence-corrected chi connectivity index (χ3v) is 6.53. The molecular weight excluding hydrogens is 386 g/mol. The molecule has 5 heterocycles. The van der Waals surface area contributed by atoms with Crippen molar-refractivity contribution in [3.05, 3.63) is 48.5 Å². The lowest BCUT2D eigenvalue weighted by molar-refractivity contribution is 0.579. The molecule has 0 spiro atoms. The number of benzene rings is 1. The zero-order valence-electron chi connectivity index (χ0n) is 17.8. The van der Waals surface area contributed by atoms with E-state index in [1.807, 2.05) is 26.4 Å². The molecule has 1 aliphatic rings. The van der Waals surface area contributed by atoms with E-state index in [9.17, 15) is 0 Å². The Morgan fingerprint density at radius 3 is 2.65 bits per heavy atom. The van der Waals surface area contributed by atoms with Crippen molar-refractivity contribution in [3.63, 3.8) is 0 Å². The van der Waals surface area contributed by atoms with Gasteiger partial charge in [0.1, 0.15) is 5.82 Å². The monoisotopic (exact) mass is 411 g/mol. The molecule has 4 aromatic heterocycles. The summed E-state index contributed by atoms with van der Waals surface area (Å²) in [6, 6.07) is 10.9. The molecule has 0 saturated carbocycles. The Bertz CT molecular complexity index is 1400. The molecule has 1 saturated heterocycles. The molecule has 1 fully saturated rings. The molecule has 1 aromatic carbocycles. The van der Waals surface area contributed by atoms with E-state index in [2.05, 4.69) is 64.9 Å². The first-order valence-electron chi connectivity index (χ1n) is 10.9. The quantitative estimate of drug-likeness (QED) is 0.447. The van der Waals surface area contributed by atoms with Gasteiger partial charge in [-0.05, 0) is 50.5 Å². The van der Waals surface area contributed by atoms with E-state index < -0.39 is 0 Å². The van der Waals surface area contributed by atoms with Gasteiger partial charge < -0.3 is 14.5 Å². The van der Waals surface area contributed by atoms with E-state index in [1.54, 1.807) is 0 Å². The summed E-state index contributed by atoms with van der Waals surface area (Å²) in [5.41, 5.74) is 7.24. The first kappa shape index (κ1) is 18.2. The number of aryl methyl sites for hydroxylation is 1. The number of H-pyrrole nitrogens is 2. The third kappa shape index (κ3) is 2.91. The summed E-state index contributed by atoms with van der Waals surface area (Å²) in [5, 5.41) is 9.92. The average molecular weight is 412 g/mol. The normalized spacial score (nSPS) is 14.7. The Hall–Kier alpha value is -3.61. The highest BCUT2D eigenvalue weighted by Gasteiger charge is 2.18. The Labute approximate surface area is 180 Å². The van der Waals surface area contributed by atoms with Crippen molar-refractivity contribution in [3.8, 4) is 22.6 Å². The number of piperidine rings is 1. The summed E-state index contributed by atoms with van der Waals surface area (Å²) < 4.78 is 2.08. The van der Waals surface area contributed by atoms with Crippen LogP contribution in [0.2, 0.25) is 0 Å². The molecule has 0 aliphatic carbocycles. The average Bonchev–Trinajstić information content (AvgIpc) is 3.50. The van der Waals surface area contributed by atoms with E-state index >= 15 is 0 Å². The van der Waals surface area contributed by atoms with Crippen molar-refractivity contribution < 1.29 is 0 Å². The molecule has 1 aliphatic heterocycles. The van der Waals surface area contributed by atoms with E-state index in [1.165, 1.54) is 30.3 Å². The van der Waals surface area contributed by atoms with Crippen LogP contribution >= 0.6 is 0 Å². The summed E-state index contributed by atoms with van der Waals surface area (Å²) in [5.74, 6) is 0.975. The van der Waals surface area contributed by atoms with Crippen LogP contribution in [0.3, 0.4) is 0 Å². The van der Waals surface area contributed by atoms with Gasteiger partial charge in [0.2, 0.25) is 0 Å². The standard InChI is InChI=1S/C24H25N7/c1-15-25-14-22(30(15)2)16-11-18-23(28-29-24(18)26-13-16)20-12-17-19(27-20)7-6-8-21(17)31-9-4-3-5-10-31/h6-8,11-14,27H,3-5,9-10H2,1-2H3,(H,26,28,29). The minimum atomic E-state index is 0.715. The molecule has 31 heavy (non-hydrogen) atoms. The van der Waals surface area contributed by atoms with E-state index in [4.69, 9.17) is 0 Å². The summed E-state index contributed by atoms with van der Waals surface area (Å²) in [6.07, 6.45) is 7.62. The molecule has 156 valence electrons. The maximum Gasteiger partial charge on any atom is 0.181 e. The molecule has 0 atom stereocenters. The number of imidazole rings is 1. The van der Waals surface area contributed by atoms with Crippen LogP contribution < -0.4 is 4.90 Å². The van der Waals surface area contributed by atoms with Crippen molar-refractivity contribution in [2.75, 3.05) is 18.0 Å². The summed E-state index contributed by atoms with van der Waals surface area (Å²) in [7, 11) is 2.03. The maximum atomic E-state index is 4.59. The molecule has 2 N–H and O–H groups in total. The number of nitrogens with zero attached hydrogens (tertiary/aromatic N) is 5. The maximum absolute atomic E-state index is 4.59. The van der Waals surface area contributed by atoms with Crippen LogP contribution in [0.5, 0.6) is 0 Å². The van der Waals surface area contributed by atoms with Crippen LogP contribution in [0.25, 0.3) is 44.6 Å². The van der Waals surface area contributed by atoms with Gasteiger partial charge in [-0.1, -0.05) is 6.07 Å². The van der Waals surface area contributed by atoms with Gasteiger partial charge in [0.05, 0.1) is 23.3 Å². The number of aromatic amines is 2. The van der Waals surface area contributed by atoms with Crippen LogP contribution in [-0.2, 0) is 7.05 Å². The summed E-state index contributed by atoms with van der Waals surface area (Å²) in [4.78, 5) is 15.1. The summed E-state index contributed by atoms with van der Waals surface area (Å²) >= 11 is 0. The zero-order chi connectivity index (χ0) is 20.9. The predicted molar refractivity (Wildman–Crippen MR) is 124 cm³/mol.